The molecule has 2 heterocycles. The molecule has 0 radical (unpaired) electrons. The van der Waals surface area contributed by atoms with Crippen LogP contribution >= 0.6 is 0 Å². The van der Waals surface area contributed by atoms with E-state index in [1.807, 2.05) is 10.6 Å². The molecule has 0 fully saturated rings. The summed E-state index contributed by atoms with van der Waals surface area (Å²) in [6, 6.07) is 10.1. The maximum atomic E-state index is 13.6. The molecule has 0 spiro atoms. The van der Waals surface area contributed by atoms with Crippen LogP contribution in [0.1, 0.15) is 21.7 Å². The van der Waals surface area contributed by atoms with Gasteiger partial charge in [0.15, 0.2) is 6.29 Å². The summed E-state index contributed by atoms with van der Waals surface area (Å²) in [5.74, 6) is 0.467. The summed E-state index contributed by atoms with van der Waals surface area (Å²) in [5, 5.41) is 0. The number of carbonyl (C=O) groups excluding carboxylic acids is 1. The van der Waals surface area contributed by atoms with Crippen LogP contribution in [0.5, 0.6) is 0 Å². The first-order chi connectivity index (χ1) is 9.29. The van der Waals surface area contributed by atoms with Gasteiger partial charge in [0.25, 0.3) is 0 Å². The largest absolute Gasteiger partial charge is 0.303 e. The van der Waals surface area contributed by atoms with Crippen LogP contribution in [0.3, 0.4) is 0 Å². The van der Waals surface area contributed by atoms with Gasteiger partial charge in [-0.2, -0.15) is 0 Å². The molecule has 0 bridgehead atoms. The number of aldehydes is 1. The van der Waals surface area contributed by atoms with Crippen LogP contribution < -0.4 is 0 Å². The van der Waals surface area contributed by atoms with Crippen molar-refractivity contribution in [2.75, 3.05) is 0 Å². The van der Waals surface area contributed by atoms with Crippen LogP contribution in [0.2, 0.25) is 0 Å². The van der Waals surface area contributed by atoms with Crippen LogP contribution in [0.4, 0.5) is 4.39 Å². The topological polar surface area (TPSA) is 34.4 Å². The number of halogens is 1. The molecule has 0 saturated heterocycles. The first kappa shape index (κ1) is 11.6. The molecule has 3 nitrogen and oxygen atoms in total. The lowest BCUT2D eigenvalue weighted by molar-refractivity contribution is 0.112. The van der Waals surface area contributed by atoms with Crippen LogP contribution in [-0.2, 0) is 6.42 Å². The molecule has 2 aromatic heterocycles. The third kappa shape index (κ3) is 2.01. The maximum absolute atomic E-state index is 13.6. The third-order valence-corrected chi connectivity index (χ3v) is 3.11. The van der Waals surface area contributed by atoms with E-state index in [0.717, 1.165) is 11.8 Å². The van der Waals surface area contributed by atoms with Gasteiger partial charge in [0, 0.05) is 18.2 Å². The summed E-state index contributed by atoms with van der Waals surface area (Å²) in [5.41, 5.74) is 1.91. The van der Waals surface area contributed by atoms with Gasteiger partial charge in [0.2, 0.25) is 0 Å². The second kappa shape index (κ2) is 4.65. The molecule has 0 aliphatic carbocycles. The summed E-state index contributed by atoms with van der Waals surface area (Å²) in [6.07, 6.45) is 4.65. The SMILES string of the molecule is O=Cc1cccn2c(Cc3ccccc3F)ncc12. The van der Waals surface area contributed by atoms with E-state index in [9.17, 15) is 9.18 Å². The number of carbonyl (C=O) groups is 1. The lowest BCUT2D eigenvalue weighted by atomic mass is 10.1. The van der Waals surface area contributed by atoms with Crippen molar-refractivity contribution in [3.8, 4) is 0 Å². The molecule has 19 heavy (non-hydrogen) atoms. The van der Waals surface area contributed by atoms with Crippen molar-refractivity contribution in [3.63, 3.8) is 0 Å². The highest BCUT2D eigenvalue weighted by atomic mass is 19.1. The van der Waals surface area contributed by atoms with Crippen molar-refractivity contribution >= 4 is 11.8 Å². The highest BCUT2D eigenvalue weighted by Crippen LogP contribution is 2.16. The number of hydrogen-bond acceptors (Lipinski definition) is 2. The first-order valence-electron chi connectivity index (χ1n) is 5.93. The summed E-state index contributed by atoms with van der Waals surface area (Å²) in [7, 11) is 0. The predicted molar refractivity (Wildman–Crippen MR) is 69.8 cm³/mol. The molecular weight excluding hydrogens is 243 g/mol. The van der Waals surface area contributed by atoms with Gasteiger partial charge >= 0.3 is 0 Å². The van der Waals surface area contributed by atoms with Crippen LogP contribution in [0, 0.1) is 5.82 Å². The van der Waals surface area contributed by atoms with Crippen molar-refractivity contribution in [3.05, 3.63) is 71.6 Å². The predicted octanol–water partition coefficient (Wildman–Crippen LogP) is 2.88. The Hall–Kier alpha value is -2.49. The standard InChI is InChI=1S/C15H11FN2O/c16-13-6-2-1-4-11(13)8-15-17-9-14-12(10-19)5-3-7-18(14)15/h1-7,9-10H,8H2. The number of fused-ring (bicyclic) bond motifs is 1. The lowest BCUT2D eigenvalue weighted by Crippen LogP contribution is -1.99. The fourth-order valence-corrected chi connectivity index (χ4v) is 2.14. The number of imidazole rings is 1. The number of nitrogens with zero attached hydrogens (tertiary/aromatic N) is 2. The van der Waals surface area contributed by atoms with Gasteiger partial charge in [0.1, 0.15) is 11.6 Å². The monoisotopic (exact) mass is 254 g/mol. The zero-order valence-corrected chi connectivity index (χ0v) is 10.1. The Morgan fingerprint density at radius 2 is 2.05 bits per heavy atom. The second-order valence-electron chi connectivity index (χ2n) is 4.28. The van der Waals surface area contributed by atoms with E-state index in [2.05, 4.69) is 4.98 Å². The van der Waals surface area contributed by atoms with Gasteiger partial charge < -0.3 is 4.40 Å². The highest BCUT2D eigenvalue weighted by molar-refractivity contribution is 5.85. The Kier molecular flexibility index (Phi) is 2.83. The Morgan fingerprint density at radius 3 is 2.84 bits per heavy atom. The molecule has 3 aromatic rings. The van der Waals surface area contributed by atoms with Crippen molar-refractivity contribution < 1.29 is 9.18 Å². The van der Waals surface area contributed by atoms with Crippen LogP contribution in [0.15, 0.2) is 48.8 Å². The van der Waals surface area contributed by atoms with E-state index in [-0.39, 0.29) is 5.82 Å². The van der Waals surface area contributed by atoms with Gasteiger partial charge in [-0.15, -0.1) is 0 Å². The number of hydrogen-bond donors (Lipinski definition) is 0. The van der Waals surface area contributed by atoms with Gasteiger partial charge in [-0.3, -0.25) is 4.79 Å². The molecule has 0 amide bonds. The molecule has 0 aliphatic rings. The van der Waals surface area contributed by atoms with E-state index in [1.54, 1.807) is 36.5 Å². The molecule has 4 heteroatoms. The number of benzene rings is 1. The molecule has 1 aromatic carbocycles. The minimum atomic E-state index is -0.245. The molecule has 0 N–H and O–H groups in total. The highest BCUT2D eigenvalue weighted by Gasteiger charge is 2.09. The average molecular weight is 254 g/mol. The van der Waals surface area contributed by atoms with Gasteiger partial charge in [-0.1, -0.05) is 18.2 Å². The van der Waals surface area contributed by atoms with Gasteiger partial charge in [0.05, 0.1) is 11.7 Å². The lowest BCUT2D eigenvalue weighted by Gasteiger charge is -2.03. The summed E-state index contributed by atoms with van der Waals surface area (Å²) < 4.78 is 15.4. The zero-order valence-electron chi connectivity index (χ0n) is 10.1. The molecule has 94 valence electrons. The molecule has 3 rings (SSSR count). The minimum Gasteiger partial charge on any atom is -0.303 e. The quantitative estimate of drug-likeness (QED) is 0.673. The van der Waals surface area contributed by atoms with Crippen LogP contribution in [-0.4, -0.2) is 15.7 Å². The number of aromatic nitrogens is 2. The van der Waals surface area contributed by atoms with E-state index in [4.69, 9.17) is 0 Å². The van der Waals surface area contributed by atoms with Gasteiger partial charge in [-0.25, -0.2) is 9.37 Å². The molecule has 0 aliphatic heterocycles. The fraction of sp³-hybridized carbons (Fsp3) is 0.0667. The summed E-state index contributed by atoms with van der Waals surface area (Å²) in [6.45, 7) is 0. The van der Waals surface area contributed by atoms with Crippen molar-refractivity contribution in [2.24, 2.45) is 0 Å². The van der Waals surface area contributed by atoms with E-state index < -0.39 is 0 Å². The van der Waals surface area contributed by atoms with E-state index >= 15 is 0 Å². The fourth-order valence-electron chi connectivity index (χ4n) is 2.14. The Balaban J connectivity index is 2.07. The zero-order chi connectivity index (χ0) is 13.2. The molecule has 0 atom stereocenters. The smallest absolute Gasteiger partial charge is 0.152 e. The Bertz CT molecular complexity index is 749. The Morgan fingerprint density at radius 1 is 1.21 bits per heavy atom. The number of pyridine rings is 1. The normalized spacial score (nSPS) is 10.8. The summed E-state index contributed by atoms with van der Waals surface area (Å²) in [4.78, 5) is 15.2. The molecule has 0 unspecified atom stereocenters. The second-order valence-corrected chi connectivity index (χ2v) is 4.28. The van der Waals surface area contributed by atoms with E-state index in [0.29, 0.717) is 23.4 Å². The van der Waals surface area contributed by atoms with Crippen LogP contribution in [0.25, 0.3) is 5.52 Å². The Labute approximate surface area is 109 Å². The summed E-state index contributed by atoms with van der Waals surface area (Å²) >= 11 is 0. The van der Waals surface area contributed by atoms with E-state index in [1.165, 1.54) is 6.07 Å². The van der Waals surface area contributed by atoms with Crippen molar-refractivity contribution in [1.82, 2.24) is 9.38 Å². The minimum absolute atomic E-state index is 0.245. The number of rotatable bonds is 3. The van der Waals surface area contributed by atoms with Crippen molar-refractivity contribution in [2.45, 2.75) is 6.42 Å². The average Bonchev–Trinajstić information content (AvgIpc) is 2.84. The molecular formula is C15H11FN2O. The molecule has 0 saturated carbocycles. The van der Waals surface area contributed by atoms with Crippen molar-refractivity contribution in [1.29, 1.82) is 0 Å². The van der Waals surface area contributed by atoms with Gasteiger partial charge in [-0.05, 0) is 23.8 Å². The first-order valence-corrected chi connectivity index (χ1v) is 5.93. The third-order valence-electron chi connectivity index (χ3n) is 3.11. The maximum Gasteiger partial charge on any atom is 0.152 e.